The van der Waals surface area contributed by atoms with E-state index in [9.17, 15) is 9.59 Å². The van der Waals surface area contributed by atoms with E-state index in [0.717, 1.165) is 26.1 Å². The number of benzene rings is 1. The number of halogens is 1. The van der Waals surface area contributed by atoms with Crippen molar-refractivity contribution in [3.05, 3.63) is 34.9 Å². The quantitative estimate of drug-likeness (QED) is 0.747. The normalized spacial score (nSPS) is 17.3. The van der Waals surface area contributed by atoms with Gasteiger partial charge in [-0.2, -0.15) is 0 Å². The van der Waals surface area contributed by atoms with Crippen molar-refractivity contribution in [1.82, 2.24) is 15.5 Å². The zero-order valence-corrected chi connectivity index (χ0v) is 14.2. The maximum absolute atomic E-state index is 12.1. The lowest BCUT2D eigenvalue weighted by Gasteiger charge is -2.16. The SMILES string of the molecule is CNCC1CCN(C(=O)CCCNC(=O)c2ccc(Cl)cc2)C1. The van der Waals surface area contributed by atoms with Crippen molar-refractivity contribution in [2.45, 2.75) is 19.3 Å². The van der Waals surface area contributed by atoms with Crippen LogP contribution in [-0.2, 0) is 4.79 Å². The summed E-state index contributed by atoms with van der Waals surface area (Å²) < 4.78 is 0. The molecular weight excluding hydrogens is 314 g/mol. The molecule has 1 aromatic rings. The summed E-state index contributed by atoms with van der Waals surface area (Å²) in [5.74, 6) is 0.613. The predicted octanol–water partition coefficient (Wildman–Crippen LogP) is 1.92. The largest absolute Gasteiger partial charge is 0.352 e. The number of nitrogens with one attached hydrogen (secondary N) is 2. The summed E-state index contributed by atoms with van der Waals surface area (Å²) in [7, 11) is 1.94. The van der Waals surface area contributed by atoms with Crippen molar-refractivity contribution in [3.63, 3.8) is 0 Å². The second-order valence-corrected chi connectivity index (χ2v) is 6.35. The van der Waals surface area contributed by atoms with Crippen LogP contribution < -0.4 is 10.6 Å². The molecule has 6 heteroatoms. The number of hydrogen-bond acceptors (Lipinski definition) is 3. The highest BCUT2D eigenvalue weighted by atomic mass is 35.5. The number of nitrogens with zero attached hydrogens (tertiary/aromatic N) is 1. The average molecular weight is 338 g/mol. The first kappa shape index (κ1) is 17.8. The van der Waals surface area contributed by atoms with Crippen LogP contribution in [0.5, 0.6) is 0 Å². The van der Waals surface area contributed by atoms with Gasteiger partial charge in [0.25, 0.3) is 5.91 Å². The lowest BCUT2D eigenvalue weighted by molar-refractivity contribution is -0.130. The van der Waals surface area contributed by atoms with Gasteiger partial charge in [-0.15, -0.1) is 0 Å². The number of hydrogen-bond donors (Lipinski definition) is 2. The molecule has 1 saturated heterocycles. The molecule has 1 unspecified atom stereocenters. The molecule has 1 aliphatic heterocycles. The van der Waals surface area contributed by atoms with Crippen molar-refractivity contribution in [3.8, 4) is 0 Å². The third-order valence-electron chi connectivity index (χ3n) is 4.09. The standard InChI is InChI=1S/C17H24ClN3O2/c1-19-11-13-8-10-21(12-13)16(22)3-2-9-20-17(23)14-4-6-15(18)7-5-14/h4-7,13,19H,2-3,8-12H2,1H3,(H,20,23). The van der Waals surface area contributed by atoms with Gasteiger partial charge in [0, 0.05) is 36.6 Å². The Balaban J connectivity index is 1.64. The summed E-state index contributed by atoms with van der Waals surface area (Å²) in [4.78, 5) is 26.0. The fourth-order valence-electron chi connectivity index (χ4n) is 2.82. The lowest BCUT2D eigenvalue weighted by atomic mass is 10.1. The predicted molar refractivity (Wildman–Crippen MR) is 91.6 cm³/mol. The highest BCUT2D eigenvalue weighted by Gasteiger charge is 2.25. The summed E-state index contributed by atoms with van der Waals surface area (Å²) in [5, 5.41) is 6.60. The van der Waals surface area contributed by atoms with E-state index in [1.54, 1.807) is 24.3 Å². The van der Waals surface area contributed by atoms with E-state index in [0.29, 0.717) is 35.9 Å². The zero-order chi connectivity index (χ0) is 16.7. The van der Waals surface area contributed by atoms with E-state index in [-0.39, 0.29) is 11.8 Å². The van der Waals surface area contributed by atoms with Crippen LogP contribution in [0, 0.1) is 5.92 Å². The third kappa shape index (κ3) is 5.52. The molecule has 2 N–H and O–H groups in total. The lowest BCUT2D eigenvalue weighted by Crippen LogP contribution is -2.31. The molecule has 0 saturated carbocycles. The molecule has 2 rings (SSSR count). The molecule has 1 aromatic carbocycles. The maximum Gasteiger partial charge on any atom is 0.251 e. The Morgan fingerprint density at radius 3 is 2.74 bits per heavy atom. The highest BCUT2D eigenvalue weighted by Crippen LogP contribution is 2.16. The van der Waals surface area contributed by atoms with Crippen LogP contribution >= 0.6 is 11.6 Å². The van der Waals surface area contributed by atoms with Crippen LogP contribution in [-0.4, -0.2) is 49.9 Å². The molecule has 126 valence electrons. The minimum absolute atomic E-state index is 0.135. The summed E-state index contributed by atoms with van der Waals surface area (Å²) in [6.07, 6.45) is 2.21. The summed E-state index contributed by atoms with van der Waals surface area (Å²) in [6, 6.07) is 6.76. The summed E-state index contributed by atoms with van der Waals surface area (Å²) >= 11 is 5.79. The first-order valence-corrected chi connectivity index (χ1v) is 8.44. The first-order chi connectivity index (χ1) is 11.1. The van der Waals surface area contributed by atoms with Gasteiger partial charge < -0.3 is 15.5 Å². The summed E-state index contributed by atoms with van der Waals surface area (Å²) in [6.45, 7) is 3.15. The van der Waals surface area contributed by atoms with E-state index >= 15 is 0 Å². The van der Waals surface area contributed by atoms with Gasteiger partial charge in [0.05, 0.1) is 0 Å². The molecule has 0 bridgehead atoms. The van der Waals surface area contributed by atoms with Crippen LogP contribution in [0.15, 0.2) is 24.3 Å². The third-order valence-corrected chi connectivity index (χ3v) is 4.34. The Morgan fingerprint density at radius 2 is 2.04 bits per heavy atom. The van der Waals surface area contributed by atoms with Crippen molar-refractivity contribution >= 4 is 23.4 Å². The molecule has 0 radical (unpaired) electrons. The molecule has 1 atom stereocenters. The van der Waals surface area contributed by atoms with E-state index in [1.807, 2.05) is 11.9 Å². The zero-order valence-electron chi connectivity index (χ0n) is 13.5. The number of carbonyl (C=O) groups excluding carboxylic acids is 2. The smallest absolute Gasteiger partial charge is 0.251 e. The fraction of sp³-hybridized carbons (Fsp3) is 0.529. The van der Waals surface area contributed by atoms with Gasteiger partial charge in [-0.1, -0.05) is 11.6 Å². The van der Waals surface area contributed by atoms with Gasteiger partial charge in [-0.25, -0.2) is 0 Å². The maximum atomic E-state index is 12.1. The van der Waals surface area contributed by atoms with Gasteiger partial charge in [-0.05, 0) is 56.6 Å². The van der Waals surface area contributed by atoms with E-state index in [1.165, 1.54) is 0 Å². The van der Waals surface area contributed by atoms with Crippen molar-refractivity contribution in [2.24, 2.45) is 5.92 Å². The van der Waals surface area contributed by atoms with E-state index in [2.05, 4.69) is 10.6 Å². The Kier molecular flexibility index (Phi) is 6.86. The summed E-state index contributed by atoms with van der Waals surface area (Å²) in [5.41, 5.74) is 0.579. The molecule has 23 heavy (non-hydrogen) atoms. The van der Waals surface area contributed by atoms with Crippen LogP contribution in [0.1, 0.15) is 29.6 Å². The molecular formula is C17H24ClN3O2. The Labute approximate surface area is 142 Å². The minimum Gasteiger partial charge on any atom is -0.352 e. The second-order valence-electron chi connectivity index (χ2n) is 5.92. The van der Waals surface area contributed by atoms with Crippen LogP contribution in [0.4, 0.5) is 0 Å². The van der Waals surface area contributed by atoms with Crippen LogP contribution in [0.3, 0.4) is 0 Å². The first-order valence-electron chi connectivity index (χ1n) is 8.06. The molecule has 1 fully saturated rings. The molecule has 0 aromatic heterocycles. The van der Waals surface area contributed by atoms with Crippen molar-refractivity contribution < 1.29 is 9.59 Å². The van der Waals surface area contributed by atoms with Crippen LogP contribution in [0.2, 0.25) is 5.02 Å². The van der Waals surface area contributed by atoms with Crippen LogP contribution in [0.25, 0.3) is 0 Å². The molecule has 1 aliphatic rings. The van der Waals surface area contributed by atoms with E-state index in [4.69, 9.17) is 11.6 Å². The van der Waals surface area contributed by atoms with Crippen molar-refractivity contribution in [2.75, 3.05) is 33.2 Å². The van der Waals surface area contributed by atoms with Gasteiger partial charge >= 0.3 is 0 Å². The molecule has 2 amide bonds. The van der Waals surface area contributed by atoms with E-state index < -0.39 is 0 Å². The number of amides is 2. The Morgan fingerprint density at radius 1 is 1.30 bits per heavy atom. The van der Waals surface area contributed by atoms with Gasteiger partial charge in [0.15, 0.2) is 0 Å². The second kappa shape index (κ2) is 8.89. The number of carbonyl (C=O) groups is 2. The monoisotopic (exact) mass is 337 g/mol. The highest BCUT2D eigenvalue weighted by molar-refractivity contribution is 6.30. The Hall–Kier alpha value is -1.59. The van der Waals surface area contributed by atoms with Gasteiger partial charge in [-0.3, -0.25) is 9.59 Å². The molecule has 0 spiro atoms. The number of likely N-dealkylation sites (tertiary alicyclic amines) is 1. The number of rotatable bonds is 7. The van der Waals surface area contributed by atoms with Gasteiger partial charge in [0.1, 0.15) is 0 Å². The minimum atomic E-state index is -0.135. The Bertz CT molecular complexity index is 533. The average Bonchev–Trinajstić information content (AvgIpc) is 3.01. The topological polar surface area (TPSA) is 61.4 Å². The van der Waals surface area contributed by atoms with Gasteiger partial charge in [0.2, 0.25) is 5.91 Å². The fourth-order valence-corrected chi connectivity index (χ4v) is 2.94. The molecule has 5 nitrogen and oxygen atoms in total. The van der Waals surface area contributed by atoms with Crippen molar-refractivity contribution in [1.29, 1.82) is 0 Å². The molecule has 0 aliphatic carbocycles. The molecule has 1 heterocycles.